The molecule has 14 heavy (non-hydrogen) atoms. The number of aliphatic carboxylic acids is 3. The Hall–Kier alpha value is -1.58. The summed E-state index contributed by atoms with van der Waals surface area (Å²) in [5, 5.41) is 25.5. The normalized spacial score (nSPS) is 10.0. The van der Waals surface area contributed by atoms with Crippen LogP contribution in [0.15, 0.2) is 0 Å². The average Bonchev–Trinajstić information content (AvgIpc) is 2.03. The molecule has 0 saturated heterocycles. The second-order valence-corrected chi connectivity index (χ2v) is 2.75. The molecule has 0 atom stereocenters. The molecule has 0 spiro atoms. The summed E-state index contributed by atoms with van der Waals surface area (Å²) < 4.78 is 9.93. The number of carbonyl (C=O) groups is 3. The van der Waals surface area contributed by atoms with Gasteiger partial charge in [0, 0.05) is 0 Å². The second-order valence-electron chi connectivity index (χ2n) is 2.25. The van der Waals surface area contributed by atoms with Crippen LogP contribution in [0, 0.1) is 11.0 Å². The van der Waals surface area contributed by atoms with Crippen LogP contribution in [-0.4, -0.2) is 33.2 Å². The average molecular weight is 220 g/mol. The van der Waals surface area contributed by atoms with Crippen molar-refractivity contribution >= 4 is 25.8 Å². The molecule has 0 heterocycles. The van der Waals surface area contributed by atoms with E-state index in [4.69, 9.17) is 15.3 Å². The molecule has 0 rings (SSSR count). The molecular weight excluding hydrogens is 215 g/mol. The Balaban J connectivity index is 5.45. The molecule has 8 heteroatoms. The van der Waals surface area contributed by atoms with Crippen LogP contribution < -0.4 is 0 Å². The predicted octanol–water partition coefficient (Wildman–Crippen LogP) is -0.132. The van der Waals surface area contributed by atoms with Crippen molar-refractivity contribution in [3.63, 3.8) is 0 Å². The van der Waals surface area contributed by atoms with Gasteiger partial charge >= 0.3 is 77.6 Å². The van der Waals surface area contributed by atoms with Gasteiger partial charge in [0.25, 0.3) is 0 Å². The third-order valence-corrected chi connectivity index (χ3v) is 1.79. The van der Waals surface area contributed by atoms with Gasteiger partial charge in [0.1, 0.15) is 0 Å². The zero-order valence-electron chi connectivity index (χ0n) is 6.63. The molecule has 0 amide bonds. The third kappa shape index (κ3) is 2.02. The van der Waals surface area contributed by atoms with Crippen LogP contribution in [0.4, 0.5) is 0 Å². The van der Waals surface area contributed by atoms with E-state index in [0.29, 0.717) is 0 Å². The van der Waals surface area contributed by atoms with Crippen LogP contribution in [-0.2, 0) is 18.9 Å². The number of hydrogen-bond donors (Lipinski definition) is 3. The zero-order chi connectivity index (χ0) is 11.4. The quantitative estimate of drug-likeness (QED) is 0.444. The van der Waals surface area contributed by atoms with E-state index >= 15 is 0 Å². The van der Waals surface area contributed by atoms with Crippen LogP contribution in [0.5, 0.6) is 0 Å². The third-order valence-electron chi connectivity index (χ3n) is 1.50. The van der Waals surface area contributed by atoms with Gasteiger partial charge in [-0.2, -0.15) is 0 Å². The van der Waals surface area contributed by atoms with Crippen molar-refractivity contribution in [3.8, 4) is 5.63 Å². The summed E-state index contributed by atoms with van der Waals surface area (Å²) in [5.74, 6) is -6.10. The number of rotatable bonds is 4. The van der Waals surface area contributed by atoms with Gasteiger partial charge in [-0.3, -0.25) is 0 Å². The molecule has 76 valence electrons. The van der Waals surface area contributed by atoms with E-state index in [9.17, 15) is 18.9 Å². The van der Waals surface area contributed by atoms with Gasteiger partial charge in [-0.05, 0) is 0 Å². The minimum atomic E-state index is -3.02. The fraction of sp³-hybridized carbons (Fsp3) is 0.333. The van der Waals surface area contributed by atoms with Crippen molar-refractivity contribution in [2.24, 2.45) is 5.41 Å². The predicted molar refractivity (Wildman–Crippen MR) is 41.5 cm³/mol. The van der Waals surface area contributed by atoms with E-state index in [0.717, 1.165) is 0 Å². The summed E-state index contributed by atoms with van der Waals surface area (Å²) in [4.78, 5) is 31.5. The van der Waals surface area contributed by atoms with Gasteiger partial charge < -0.3 is 0 Å². The summed E-state index contributed by atoms with van der Waals surface area (Å²) in [6.45, 7) is 0. The summed E-state index contributed by atoms with van der Waals surface area (Å²) in [6.07, 6.45) is -0.974. The minimum absolute atomic E-state index is 0.745. The van der Waals surface area contributed by atoms with Crippen molar-refractivity contribution in [3.05, 3.63) is 0 Å². The molecule has 0 saturated carbocycles. The van der Waals surface area contributed by atoms with E-state index < -0.39 is 37.7 Å². The first-order valence-corrected chi connectivity index (χ1v) is 3.96. The molecule has 0 radical (unpaired) electrons. The molecule has 0 bridgehead atoms. The fourth-order valence-electron chi connectivity index (χ4n) is 0.652. The summed E-state index contributed by atoms with van der Waals surface area (Å²) in [7, 11) is -0.745. The van der Waals surface area contributed by atoms with Crippen molar-refractivity contribution in [1.29, 1.82) is 0 Å². The Labute approximate surface area is 78.5 Å². The zero-order valence-corrected chi connectivity index (χ0v) is 7.52. The van der Waals surface area contributed by atoms with Crippen molar-refractivity contribution in [2.75, 3.05) is 0 Å². The summed E-state index contributed by atoms with van der Waals surface area (Å²) in [5.41, 5.74) is -1.21. The molecule has 0 unspecified atom stereocenters. The molecule has 0 aromatic rings. The van der Waals surface area contributed by atoms with E-state index in [1.54, 1.807) is 0 Å². The van der Waals surface area contributed by atoms with E-state index in [1.165, 1.54) is 0 Å². The molecule has 0 fully saturated rings. The molecule has 0 aliphatic carbocycles. The Kier molecular flexibility index (Phi) is 4.08. The Morgan fingerprint density at radius 2 is 1.43 bits per heavy atom. The maximum absolute atomic E-state index is 10.5. The molecular formula is C6H5O7P. The SMILES string of the molecule is O=P#CCC(C(=O)O)(C(=O)O)C(=O)O. The molecule has 0 aliphatic rings. The monoisotopic (exact) mass is 220 g/mol. The van der Waals surface area contributed by atoms with Crippen LogP contribution in [0.1, 0.15) is 6.42 Å². The summed E-state index contributed by atoms with van der Waals surface area (Å²) >= 11 is 0. The molecule has 0 aromatic carbocycles. The molecule has 7 nitrogen and oxygen atoms in total. The number of carboxylic acids is 3. The van der Waals surface area contributed by atoms with Crippen molar-refractivity contribution < 1.29 is 34.3 Å². The van der Waals surface area contributed by atoms with Crippen LogP contribution in [0.2, 0.25) is 0 Å². The van der Waals surface area contributed by atoms with Crippen molar-refractivity contribution in [2.45, 2.75) is 6.42 Å². The fourth-order valence-corrected chi connectivity index (χ4v) is 0.954. The van der Waals surface area contributed by atoms with Crippen LogP contribution in [0.3, 0.4) is 0 Å². The molecule has 3 N–H and O–H groups in total. The van der Waals surface area contributed by atoms with Gasteiger partial charge in [-0.1, -0.05) is 0 Å². The van der Waals surface area contributed by atoms with E-state index in [-0.39, 0.29) is 0 Å². The van der Waals surface area contributed by atoms with Gasteiger partial charge in [-0.25, -0.2) is 0 Å². The first-order valence-electron chi connectivity index (χ1n) is 3.15. The maximum atomic E-state index is 10.5. The Bertz CT molecular complexity index is 342. The van der Waals surface area contributed by atoms with Crippen LogP contribution in [0.25, 0.3) is 0 Å². The van der Waals surface area contributed by atoms with Gasteiger partial charge in [0.2, 0.25) is 0 Å². The standard InChI is InChI=1S/C6H5O7P/c7-3(8)6(4(9)10,5(11)12)1-2-14-13/h1H2,(H,7,8)(H,9,10)(H,11,12). The second kappa shape index (κ2) is 4.60. The first kappa shape index (κ1) is 12.4. The van der Waals surface area contributed by atoms with Crippen LogP contribution >= 0.6 is 7.92 Å². The van der Waals surface area contributed by atoms with Gasteiger partial charge in [-0.15, -0.1) is 0 Å². The summed E-state index contributed by atoms with van der Waals surface area (Å²) in [6, 6.07) is 0. The van der Waals surface area contributed by atoms with E-state index in [2.05, 4.69) is 0 Å². The molecule has 0 aliphatic heterocycles. The Morgan fingerprint density at radius 3 is 1.64 bits per heavy atom. The topological polar surface area (TPSA) is 129 Å². The number of carboxylic acid groups (broad SMARTS) is 3. The molecule has 0 aromatic heterocycles. The van der Waals surface area contributed by atoms with Gasteiger partial charge in [0.15, 0.2) is 0 Å². The first-order chi connectivity index (χ1) is 6.39. The Morgan fingerprint density at radius 1 is 1.07 bits per heavy atom. The van der Waals surface area contributed by atoms with Crippen molar-refractivity contribution in [1.82, 2.24) is 0 Å². The van der Waals surface area contributed by atoms with E-state index in [1.807, 2.05) is 5.63 Å². The van der Waals surface area contributed by atoms with Gasteiger partial charge in [0.05, 0.1) is 0 Å². The number of hydrogen-bond acceptors (Lipinski definition) is 4.